The van der Waals surface area contributed by atoms with E-state index in [1.165, 1.54) is 12.8 Å². The maximum absolute atomic E-state index is 11.8. The molecule has 5 heteroatoms. The zero-order valence-corrected chi connectivity index (χ0v) is 13.0. The number of aromatic nitrogens is 1. The second-order valence-electron chi connectivity index (χ2n) is 6.35. The summed E-state index contributed by atoms with van der Waals surface area (Å²) >= 11 is 0. The van der Waals surface area contributed by atoms with Crippen molar-refractivity contribution >= 4 is 5.91 Å². The minimum Gasteiger partial charge on any atom is -0.475 e. The van der Waals surface area contributed by atoms with Crippen LogP contribution in [0.4, 0.5) is 0 Å². The van der Waals surface area contributed by atoms with Crippen molar-refractivity contribution in [3.05, 3.63) is 23.9 Å². The molecule has 0 spiro atoms. The van der Waals surface area contributed by atoms with E-state index in [4.69, 9.17) is 9.47 Å². The number of ether oxygens (including phenoxy) is 2. The van der Waals surface area contributed by atoms with Crippen LogP contribution in [-0.2, 0) is 4.74 Å². The van der Waals surface area contributed by atoms with Crippen LogP contribution in [0.5, 0.6) is 5.88 Å². The Kier molecular flexibility index (Phi) is 5.17. The fraction of sp³-hybridized carbons (Fsp3) is 0.625. The van der Waals surface area contributed by atoms with Crippen LogP contribution in [0.1, 0.15) is 44.0 Å². The molecule has 1 aromatic rings. The van der Waals surface area contributed by atoms with Gasteiger partial charge < -0.3 is 14.8 Å². The first-order valence-electron chi connectivity index (χ1n) is 7.45. The molecule has 0 atom stereocenters. The van der Waals surface area contributed by atoms with Gasteiger partial charge in [0.2, 0.25) is 5.88 Å². The summed E-state index contributed by atoms with van der Waals surface area (Å²) in [5.74, 6) is 1.11. The molecule has 0 bridgehead atoms. The van der Waals surface area contributed by atoms with E-state index in [1.54, 1.807) is 18.3 Å². The van der Waals surface area contributed by atoms with Gasteiger partial charge in [0, 0.05) is 18.8 Å². The van der Waals surface area contributed by atoms with Gasteiger partial charge in [-0.2, -0.15) is 0 Å². The zero-order valence-electron chi connectivity index (χ0n) is 13.0. The molecular weight excluding hydrogens is 268 g/mol. The third-order valence-electron chi connectivity index (χ3n) is 3.12. The summed E-state index contributed by atoms with van der Waals surface area (Å²) in [6.45, 7) is 7.72. The Morgan fingerprint density at radius 1 is 1.33 bits per heavy atom. The molecule has 0 aromatic carbocycles. The maximum Gasteiger partial charge on any atom is 0.252 e. The highest BCUT2D eigenvalue weighted by atomic mass is 16.5. The predicted molar refractivity (Wildman–Crippen MR) is 80.5 cm³/mol. The lowest BCUT2D eigenvalue weighted by Gasteiger charge is -2.19. The van der Waals surface area contributed by atoms with Crippen molar-refractivity contribution < 1.29 is 14.3 Å². The molecule has 116 valence electrons. The van der Waals surface area contributed by atoms with Gasteiger partial charge in [0.25, 0.3) is 5.91 Å². The molecule has 1 aliphatic rings. The number of amides is 1. The highest BCUT2D eigenvalue weighted by Gasteiger charge is 2.21. The minimum absolute atomic E-state index is 0.0722. The quantitative estimate of drug-likeness (QED) is 0.784. The summed E-state index contributed by atoms with van der Waals surface area (Å²) < 4.78 is 11.0. The second-order valence-corrected chi connectivity index (χ2v) is 6.35. The predicted octanol–water partition coefficient (Wildman–Crippen LogP) is 2.42. The van der Waals surface area contributed by atoms with Gasteiger partial charge >= 0.3 is 0 Å². The van der Waals surface area contributed by atoms with Gasteiger partial charge in [-0.25, -0.2) is 4.98 Å². The molecule has 1 fully saturated rings. The van der Waals surface area contributed by atoms with Crippen LogP contribution in [0.15, 0.2) is 18.3 Å². The summed E-state index contributed by atoms with van der Waals surface area (Å²) in [5, 5.41) is 2.91. The third kappa shape index (κ3) is 6.12. The van der Waals surface area contributed by atoms with Gasteiger partial charge in [0.1, 0.15) is 6.61 Å². The van der Waals surface area contributed by atoms with Crippen LogP contribution in [0.2, 0.25) is 0 Å². The molecule has 21 heavy (non-hydrogen) atoms. The van der Waals surface area contributed by atoms with Gasteiger partial charge in [-0.1, -0.05) is 0 Å². The summed E-state index contributed by atoms with van der Waals surface area (Å²) in [5.41, 5.74) is 0.397. The number of hydrogen-bond acceptors (Lipinski definition) is 4. The molecule has 0 aliphatic heterocycles. The largest absolute Gasteiger partial charge is 0.475 e. The fourth-order valence-corrected chi connectivity index (χ4v) is 1.76. The number of pyridine rings is 1. The lowest BCUT2D eigenvalue weighted by Crippen LogP contribution is -2.25. The number of nitrogens with one attached hydrogen (secondary N) is 1. The monoisotopic (exact) mass is 292 g/mol. The molecule has 0 radical (unpaired) electrons. The molecule has 5 nitrogen and oxygen atoms in total. The minimum atomic E-state index is -0.166. The van der Waals surface area contributed by atoms with Crippen molar-refractivity contribution in [2.45, 2.75) is 39.2 Å². The number of carbonyl (C=O) groups excluding carboxylic acids is 1. The first-order chi connectivity index (χ1) is 9.94. The van der Waals surface area contributed by atoms with Gasteiger partial charge in [-0.3, -0.25) is 4.79 Å². The van der Waals surface area contributed by atoms with Crippen LogP contribution in [0.3, 0.4) is 0 Å². The molecular formula is C16H24N2O3. The van der Waals surface area contributed by atoms with E-state index in [0.29, 0.717) is 30.6 Å². The van der Waals surface area contributed by atoms with Crippen LogP contribution in [0, 0.1) is 5.92 Å². The lowest BCUT2D eigenvalue weighted by molar-refractivity contribution is -0.0168. The number of hydrogen-bond donors (Lipinski definition) is 1. The fourth-order valence-electron chi connectivity index (χ4n) is 1.76. The van der Waals surface area contributed by atoms with E-state index in [1.807, 2.05) is 20.8 Å². The normalized spacial score (nSPS) is 14.8. The SMILES string of the molecule is CC(C)(C)OCCOc1ccc(C(=O)NCC2CC2)cn1. The van der Waals surface area contributed by atoms with Crippen LogP contribution >= 0.6 is 0 Å². The van der Waals surface area contributed by atoms with Crippen LogP contribution in [-0.4, -0.2) is 36.3 Å². The Hall–Kier alpha value is -1.62. The molecule has 1 saturated carbocycles. The maximum atomic E-state index is 11.8. The molecule has 1 aromatic heterocycles. The highest BCUT2D eigenvalue weighted by Crippen LogP contribution is 2.27. The summed E-state index contributed by atoms with van der Waals surface area (Å²) in [6, 6.07) is 3.44. The number of rotatable bonds is 7. The summed E-state index contributed by atoms with van der Waals surface area (Å²) in [7, 11) is 0. The van der Waals surface area contributed by atoms with Crippen molar-refractivity contribution in [1.82, 2.24) is 10.3 Å². The molecule has 2 rings (SSSR count). The Bertz CT molecular complexity index is 461. The Morgan fingerprint density at radius 2 is 2.10 bits per heavy atom. The lowest BCUT2D eigenvalue weighted by atomic mass is 10.2. The van der Waals surface area contributed by atoms with E-state index in [2.05, 4.69) is 10.3 Å². The van der Waals surface area contributed by atoms with E-state index in [-0.39, 0.29) is 11.5 Å². The van der Waals surface area contributed by atoms with Crippen LogP contribution < -0.4 is 10.1 Å². The van der Waals surface area contributed by atoms with Gasteiger partial charge in [0.05, 0.1) is 17.8 Å². The number of nitrogens with zero attached hydrogens (tertiary/aromatic N) is 1. The van der Waals surface area contributed by atoms with Crippen molar-refractivity contribution in [2.75, 3.05) is 19.8 Å². The number of carbonyl (C=O) groups is 1. The molecule has 0 saturated heterocycles. The van der Waals surface area contributed by atoms with Crippen molar-refractivity contribution in [1.29, 1.82) is 0 Å². The first-order valence-corrected chi connectivity index (χ1v) is 7.45. The molecule has 1 amide bonds. The smallest absolute Gasteiger partial charge is 0.252 e. The molecule has 0 unspecified atom stereocenters. The Morgan fingerprint density at radius 3 is 2.67 bits per heavy atom. The highest BCUT2D eigenvalue weighted by molar-refractivity contribution is 5.93. The van der Waals surface area contributed by atoms with Gasteiger partial charge in [-0.05, 0) is 45.6 Å². The average molecular weight is 292 g/mol. The van der Waals surface area contributed by atoms with E-state index in [0.717, 1.165) is 6.54 Å². The van der Waals surface area contributed by atoms with Crippen molar-refractivity contribution in [3.8, 4) is 5.88 Å². The first kappa shape index (κ1) is 15.8. The topological polar surface area (TPSA) is 60.5 Å². The zero-order chi connectivity index (χ0) is 15.3. The van der Waals surface area contributed by atoms with Gasteiger partial charge in [-0.15, -0.1) is 0 Å². The molecule has 1 heterocycles. The molecule has 1 aliphatic carbocycles. The summed E-state index contributed by atoms with van der Waals surface area (Å²) in [4.78, 5) is 16.0. The standard InChI is InChI=1S/C16H24N2O3/c1-16(2,3)21-9-8-20-14-7-6-13(11-17-14)15(19)18-10-12-4-5-12/h6-7,11-12H,4-5,8-10H2,1-3H3,(H,18,19). The van der Waals surface area contributed by atoms with Crippen molar-refractivity contribution in [3.63, 3.8) is 0 Å². The molecule has 1 N–H and O–H groups in total. The van der Waals surface area contributed by atoms with Crippen LogP contribution in [0.25, 0.3) is 0 Å². The van der Waals surface area contributed by atoms with E-state index in [9.17, 15) is 4.79 Å². The average Bonchev–Trinajstić information content (AvgIpc) is 3.25. The van der Waals surface area contributed by atoms with Gasteiger partial charge in [0.15, 0.2) is 0 Å². The second kappa shape index (κ2) is 6.89. The van der Waals surface area contributed by atoms with E-state index >= 15 is 0 Å². The van der Waals surface area contributed by atoms with Crippen molar-refractivity contribution in [2.24, 2.45) is 5.92 Å². The van der Waals surface area contributed by atoms with E-state index < -0.39 is 0 Å². The Balaban J connectivity index is 1.71. The summed E-state index contributed by atoms with van der Waals surface area (Å²) in [6.07, 6.45) is 3.99. The third-order valence-corrected chi connectivity index (χ3v) is 3.12. The Labute approximate surface area is 126 Å².